The Labute approximate surface area is 203 Å². The molecule has 1 saturated heterocycles. The first-order valence-electron chi connectivity index (χ1n) is 10.7. The molecule has 0 spiro atoms. The number of aliphatic hydroxyl groups is 1. The van der Waals surface area contributed by atoms with Crippen LogP contribution in [0.4, 0.5) is 0 Å². The molecular formula is C25H27Cl2NO5. The van der Waals surface area contributed by atoms with Crippen molar-refractivity contribution in [3.8, 4) is 5.75 Å². The number of ether oxygens (including phenoxy) is 2. The van der Waals surface area contributed by atoms with Crippen molar-refractivity contribution in [3.05, 3.63) is 68.7 Å². The van der Waals surface area contributed by atoms with E-state index in [-0.39, 0.29) is 38.8 Å². The van der Waals surface area contributed by atoms with Crippen molar-refractivity contribution in [2.75, 3.05) is 20.3 Å². The van der Waals surface area contributed by atoms with Crippen LogP contribution in [-0.4, -0.2) is 48.1 Å². The Morgan fingerprint density at radius 3 is 2.55 bits per heavy atom. The zero-order valence-corrected chi connectivity index (χ0v) is 20.5. The van der Waals surface area contributed by atoms with Crippen molar-refractivity contribution in [2.24, 2.45) is 0 Å². The maximum atomic E-state index is 13.2. The number of ketones is 1. The average Bonchev–Trinajstić information content (AvgIpc) is 3.00. The highest BCUT2D eigenvalue weighted by atomic mass is 35.5. The van der Waals surface area contributed by atoms with Gasteiger partial charge in [0.2, 0.25) is 0 Å². The molecule has 1 fully saturated rings. The van der Waals surface area contributed by atoms with Crippen molar-refractivity contribution in [2.45, 2.75) is 39.3 Å². The number of hydrogen-bond acceptors (Lipinski definition) is 5. The predicted molar refractivity (Wildman–Crippen MR) is 129 cm³/mol. The van der Waals surface area contributed by atoms with E-state index in [2.05, 4.69) is 0 Å². The van der Waals surface area contributed by atoms with Crippen LogP contribution in [0.1, 0.15) is 43.0 Å². The summed E-state index contributed by atoms with van der Waals surface area (Å²) in [7, 11) is 1.40. The molecule has 2 aromatic carbocycles. The number of likely N-dealkylation sites (tertiary alicyclic amines) is 1. The Morgan fingerprint density at radius 2 is 1.91 bits per heavy atom. The molecule has 1 aliphatic heterocycles. The number of methoxy groups -OCH3 is 1. The van der Waals surface area contributed by atoms with E-state index >= 15 is 0 Å². The Bertz CT molecular complexity index is 1100. The number of Topliss-reactive ketones (excluding diaryl/α,β-unsaturated/α-hetero) is 1. The maximum Gasteiger partial charge on any atom is 0.295 e. The Balaban J connectivity index is 2.14. The molecule has 0 saturated carbocycles. The largest absolute Gasteiger partial charge is 0.507 e. The number of hydrogen-bond donors (Lipinski definition) is 1. The predicted octanol–water partition coefficient (Wildman–Crippen LogP) is 5.55. The molecule has 0 bridgehead atoms. The molecule has 176 valence electrons. The third-order valence-electron chi connectivity index (χ3n) is 5.36. The molecule has 0 aromatic heterocycles. The summed E-state index contributed by atoms with van der Waals surface area (Å²) in [5, 5.41) is 11.7. The Hall–Kier alpha value is -2.54. The van der Waals surface area contributed by atoms with Crippen LogP contribution in [0.25, 0.3) is 5.76 Å². The van der Waals surface area contributed by atoms with Crippen molar-refractivity contribution in [1.29, 1.82) is 0 Å². The SMILES string of the molecule is COc1c(Cl)cc(Cl)cc1/C(O)=C1\C(=O)C(=O)N(CCCOC(C)C)C1c1cccc(C)c1. The first-order chi connectivity index (χ1) is 15.6. The van der Waals surface area contributed by atoms with Crippen molar-refractivity contribution in [1.82, 2.24) is 4.90 Å². The molecule has 1 N–H and O–H groups in total. The van der Waals surface area contributed by atoms with E-state index in [0.29, 0.717) is 25.1 Å². The van der Waals surface area contributed by atoms with Crippen molar-refractivity contribution < 1.29 is 24.2 Å². The lowest BCUT2D eigenvalue weighted by atomic mass is 9.94. The quantitative estimate of drug-likeness (QED) is 0.227. The van der Waals surface area contributed by atoms with E-state index in [4.69, 9.17) is 32.7 Å². The lowest BCUT2D eigenvalue weighted by molar-refractivity contribution is -0.140. The Kier molecular flexibility index (Phi) is 8.05. The number of nitrogens with zero attached hydrogens (tertiary/aromatic N) is 1. The summed E-state index contributed by atoms with van der Waals surface area (Å²) in [6.45, 7) is 6.52. The standard InChI is InChI=1S/C25H27Cl2NO5/c1-14(2)33-10-6-9-28-21(16-8-5-7-15(3)11-16)20(23(30)25(28)31)22(29)18-12-17(26)13-19(27)24(18)32-4/h5,7-8,11-14,21,29H,6,9-10H2,1-4H3/b22-20+. The Morgan fingerprint density at radius 1 is 1.18 bits per heavy atom. The van der Waals surface area contributed by atoms with Gasteiger partial charge < -0.3 is 19.5 Å². The monoisotopic (exact) mass is 491 g/mol. The first-order valence-corrected chi connectivity index (χ1v) is 11.4. The average molecular weight is 492 g/mol. The molecule has 1 unspecified atom stereocenters. The summed E-state index contributed by atoms with van der Waals surface area (Å²) in [5.74, 6) is -1.68. The number of carbonyl (C=O) groups is 2. The lowest BCUT2D eigenvalue weighted by Gasteiger charge is -2.26. The zero-order chi connectivity index (χ0) is 24.3. The molecule has 1 amide bonds. The summed E-state index contributed by atoms with van der Waals surface area (Å²) in [6.07, 6.45) is 0.605. The second kappa shape index (κ2) is 10.6. The topological polar surface area (TPSA) is 76.1 Å². The number of benzene rings is 2. The van der Waals surface area contributed by atoms with Gasteiger partial charge in [0.1, 0.15) is 11.5 Å². The van der Waals surface area contributed by atoms with Gasteiger partial charge >= 0.3 is 0 Å². The minimum atomic E-state index is -0.776. The summed E-state index contributed by atoms with van der Waals surface area (Å²) >= 11 is 12.4. The zero-order valence-electron chi connectivity index (χ0n) is 19.0. The highest BCUT2D eigenvalue weighted by Crippen LogP contribution is 2.43. The van der Waals surface area contributed by atoms with Crippen LogP contribution in [-0.2, 0) is 14.3 Å². The van der Waals surface area contributed by atoms with E-state index in [0.717, 1.165) is 5.56 Å². The number of rotatable bonds is 8. The fourth-order valence-corrected chi connectivity index (χ4v) is 4.51. The van der Waals surface area contributed by atoms with Crippen LogP contribution < -0.4 is 4.74 Å². The first kappa shape index (κ1) is 25.1. The van der Waals surface area contributed by atoms with Crippen LogP contribution >= 0.6 is 23.2 Å². The summed E-state index contributed by atoms with van der Waals surface area (Å²) in [5.41, 5.74) is 1.79. The van der Waals surface area contributed by atoms with Crippen LogP contribution in [0, 0.1) is 6.92 Å². The molecule has 1 atom stereocenters. The second-order valence-corrected chi connectivity index (χ2v) is 8.99. The van der Waals surface area contributed by atoms with E-state index in [1.54, 1.807) is 0 Å². The van der Waals surface area contributed by atoms with Gasteiger partial charge in [-0.05, 0) is 44.9 Å². The second-order valence-electron chi connectivity index (χ2n) is 8.15. The van der Waals surface area contributed by atoms with Gasteiger partial charge in [0, 0.05) is 18.2 Å². The van der Waals surface area contributed by atoms with E-state index in [9.17, 15) is 14.7 Å². The summed E-state index contributed by atoms with van der Waals surface area (Å²) in [6, 6.07) is 9.66. The van der Waals surface area contributed by atoms with E-state index in [1.165, 1.54) is 24.1 Å². The molecule has 33 heavy (non-hydrogen) atoms. The highest BCUT2D eigenvalue weighted by molar-refractivity contribution is 6.46. The molecule has 0 aliphatic carbocycles. The molecule has 6 nitrogen and oxygen atoms in total. The van der Waals surface area contributed by atoms with Crippen LogP contribution in [0.2, 0.25) is 10.0 Å². The molecule has 1 aliphatic rings. The number of amides is 1. The van der Waals surface area contributed by atoms with Gasteiger partial charge in [-0.2, -0.15) is 0 Å². The van der Waals surface area contributed by atoms with Crippen LogP contribution in [0.3, 0.4) is 0 Å². The van der Waals surface area contributed by atoms with Crippen molar-refractivity contribution in [3.63, 3.8) is 0 Å². The highest BCUT2D eigenvalue weighted by Gasteiger charge is 2.46. The van der Waals surface area contributed by atoms with Gasteiger partial charge in [-0.1, -0.05) is 53.0 Å². The number of aliphatic hydroxyl groups excluding tert-OH is 1. The third-order valence-corrected chi connectivity index (χ3v) is 5.86. The fraction of sp³-hybridized carbons (Fsp3) is 0.360. The molecule has 1 heterocycles. The number of aryl methyl sites for hydroxylation is 1. The molecular weight excluding hydrogens is 465 g/mol. The van der Waals surface area contributed by atoms with Crippen molar-refractivity contribution >= 4 is 40.7 Å². The molecule has 3 rings (SSSR count). The maximum absolute atomic E-state index is 13.2. The van der Waals surface area contributed by atoms with E-state index < -0.39 is 17.7 Å². The van der Waals surface area contributed by atoms with Crippen LogP contribution in [0.5, 0.6) is 5.75 Å². The van der Waals surface area contributed by atoms with Crippen LogP contribution in [0.15, 0.2) is 42.0 Å². The smallest absolute Gasteiger partial charge is 0.295 e. The summed E-state index contributed by atoms with van der Waals surface area (Å²) in [4.78, 5) is 27.7. The molecule has 8 heteroatoms. The fourth-order valence-electron chi connectivity index (χ4n) is 3.94. The van der Waals surface area contributed by atoms with Gasteiger partial charge in [0.05, 0.1) is 35.4 Å². The minimum Gasteiger partial charge on any atom is -0.507 e. The number of halogens is 2. The van der Waals surface area contributed by atoms with Gasteiger partial charge in [-0.3, -0.25) is 9.59 Å². The lowest BCUT2D eigenvalue weighted by Crippen LogP contribution is -2.31. The van der Waals surface area contributed by atoms with E-state index in [1.807, 2.05) is 45.0 Å². The van der Waals surface area contributed by atoms with Gasteiger partial charge in [0.15, 0.2) is 0 Å². The summed E-state index contributed by atoms with van der Waals surface area (Å²) < 4.78 is 10.9. The number of carbonyl (C=O) groups excluding carboxylic acids is 2. The third kappa shape index (κ3) is 5.35. The normalized spacial score (nSPS) is 17.8. The van der Waals surface area contributed by atoms with Gasteiger partial charge in [-0.15, -0.1) is 0 Å². The minimum absolute atomic E-state index is 0.0352. The van der Waals surface area contributed by atoms with Gasteiger partial charge in [-0.25, -0.2) is 0 Å². The molecule has 0 radical (unpaired) electrons. The molecule has 2 aromatic rings. The van der Waals surface area contributed by atoms with Gasteiger partial charge in [0.25, 0.3) is 11.7 Å².